The van der Waals surface area contributed by atoms with Crippen molar-refractivity contribution in [3.8, 4) is 17.4 Å². The van der Waals surface area contributed by atoms with Crippen molar-refractivity contribution in [1.82, 2.24) is 20.2 Å². The molecule has 0 radical (unpaired) electrons. The number of hydrogen-bond acceptors (Lipinski definition) is 9. The number of ether oxygens (including phenoxy) is 2. The Morgan fingerprint density at radius 3 is 2.60 bits per heavy atom. The van der Waals surface area contributed by atoms with Crippen LogP contribution >= 0.6 is 11.8 Å². The van der Waals surface area contributed by atoms with Gasteiger partial charge in [0.25, 0.3) is 5.91 Å². The van der Waals surface area contributed by atoms with Gasteiger partial charge >= 0.3 is 6.18 Å². The largest absolute Gasteiger partial charge is 0.495 e. The summed E-state index contributed by atoms with van der Waals surface area (Å²) >= 11 is 1.36. The first kappa shape index (κ1) is 30.8. The van der Waals surface area contributed by atoms with Gasteiger partial charge in [-0.25, -0.2) is 4.98 Å². The first-order valence-electron chi connectivity index (χ1n) is 13.0. The van der Waals surface area contributed by atoms with E-state index in [-0.39, 0.29) is 29.4 Å². The van der Waals surface area contributed by atoms with E-state index in [1.807, 2.05) is 13.3 Å². The molecule has 3 aromatic rings. The minimum Gasteiger partial charge on any atom is -0.495 e. The number of para-hydroxylation sites is 1. The molecule has 222 valence electrons. The van der Waals surface area contributed by atoms with Crippen LogP contribution in [0.1, 0.15) is 34.3 Å². The SMILES string of the molecule is C=NC(=CSC)c1ccccc1Oc1nc(Nc2ccc(C(=O)NC3CCN(C)CC3)cc2OC)ncc1C(F)(F)F. The number of anilines is 2. The summed E-state index contributed by atoms with van der Waals surface area (Å²) in [5, 5.41) is 7.63. The van der Waals surface area contributed by atoms with E-state index in [2.05, 4.69) is 37.2 Å². The molecule has 0 atom stereocenters. The summed E-state index contributed by atoms with van der Waals surface area (Å²) in [5.41, 5.74) is 0.455. The van der Waals surface area contributed by atoms with Crippen LogP contribution in [0, 0.1) is 0 Å². The standard InChI is InChI=1S/C29H31F3N6O3S/c1-33-23(17-42-4)20-7-5-6-8-24(20)41-27-21(29(30,31)32)16-34-28(37-27)36-22-10-9-18(15-25(22)40-3)26(39)35-19-11-13-38(2)14-12-19/h5-10,15-17,19H,1,11-14H2,2-4H3,(H,35,39)(H,34,36,37). The molecule has 1 aliphatic heterocycles. The number of halogens is 3. The van der Waals surface area contributed by atoms with Crippen LogP contribution in [0.15, 0.2) is 59.1 Å². The number of rotatable bonds is 10. The van der Waals surface area contributed by atoms with Crippen LogP contribution in [0.2, 0.25) is 0 Å². The van der Waals surface area contributed by atoms with Gasteiger partial charge in [-0.2, -0.15) is 18.2 Å². The fourth-order valence-corrected chi connectivity index (χ4v) is 4.77. The molecule has 1 saturated heterocycles. The monoisotopic (exact) mass is 600 g/mol. The van der Waals surface area contributed by atoms with Crippen molar-refractivity contribution in [3.63, 3.8) is 0 Å². The van der Waals surface area contributed by atoms with Crippen LogP contribution in [-0.2, 0) is 6.18 Å². The zero-order valence-corrected chi connectivity index (χ0v) is 24.2. The maximum Gasteiger partial charge on any atom is 0.423 e. The van der Waals surface area contributed by atoms with Gasteiger partial charge < -0.3 is 25.0 Å². The van der Waals surface area contributed by atoms with E-state index >= 15 is 0 Å². The van der Waals surface area contributed by atoms with Crippen LogP contribution in [-0.4, -0.2) is 67.0 Å². The molecule has 13 heteroatoms. The first-order chi connectivity index (χ1) is 20.1. The summed E-state index contributed by atoms with van der Waals surface area (Å²) in [6.45, 7) is 5.36. The molecular weight excluding hydrogens is 569 g/mol. The smallest absolute Gasteiger partial charge is 0.423 e. The molecule has 1 aliphatic rings. The molecule has 2 heterocycles. The third kappa shape index (κ3) is 7.59. The zero-order valence-electron chi connectivity index (χ0n) is 23.4. The molecule has 2 N–H and O–H groups in total. The van der Waals surface area contributed by atoms with Crippen molar-refractivity contribution in [3.05, 3.63) is 70.8 Å². The number of benzene rings is 2. The van der Waals surface area contributed by atoms with Crippen LogP contribution in [0.3, 0.4) is 0 Å². The highest BCUT2D eigenvalue weighted by Crippen LogP contribution is 2.39. The van der Waals surface area contributed by atoms with Gasteiger partial charge in [-0.15, -0.1) is 11.8 Å². The number of carbonyl (C=O) groups is 1. The topological polar surface area (TPSA) is 101 Å². The molecule has 0 saturated carbocycles. The van der Waals surface area contributed by atoms with E-state index in [9.17, 15) is 18.0 Å². The number of hydrogen-bond donors (Lipinski definition) is 2. The van der Waals surface area contributed by atoms with Crippen molar-refractivity contribution in [2.24, 2.45) is 4.99 Å². The predicted octanol–water partition coefficient (Wildman–Crippen LogP) is 6.23. The molecule has 2 aromatic carbocycles. The highest BCUT2D eigenvalue weighted by Gasteiger charge is 2.37. The Morgan fingerprint density at radius 2 is 1.93 bits per heavy atom. The number of carbonyl (C=O) groups excluding carboxylic acids is 1. The summed E-state index contributed by atoms with van der Waals surface area (Å²) in [7, 11) is 3.47. The Morgan fingerprint density at radius 1 is 1.19 bits per heavy atom. The van der Waals surface area contributed by atoms with Gasteiger partial charge in [0.1, 0.15) is 17.1 Å². The average molecular weight is 601 g/mol. The highest BCUT2D eigenvalue weighted by atomic mass is 32.2. The van der Waals surface area contributed by atoms with Crippen molar-refractivity contribution in [2.75, 3.05) is 38.8 Å². The van der Waals surface area contributed by atoms with E-state index in [0.29, 0.717) is 28.7 Å². The summed E-state index contributed by atoms with van der Waals surface area (Å²) < 4.78 is 52.9. The molecule has 0 bridgehead atoms. The van der Waals surface area contributed by atoms with Crippen molar-refractivity contribution in [2.45, 2.75) is 25.1 Å². The highest BCUT2D eigenvalue weighted by molar-refractivity contribution is 8.01. The van der Waals surface area contributed by atoms with E-state index < -0.39 is 17.6 Å². The number of piperidine rings is 1. The van der Waals surface area contributed by atoms with E-state index in [0.717, 1.165) is 25.9 Å². The second-order valence-electron chi connectivity index (χ2n) is 9.50. The Labute approximate surface area is 246 Å². The molecule has 1 fully saturated rings. The lowest BCUT2D eigenvalue weighted by Gasteiger charge is -2.29. The maximum atomic E-state index is 13.9. The van der Waals surface area contributed by atoms with Gasteiger partial charge in [-0.1, -0.05) is 12.1 Å². The first-order valence-corrected chi connectivity index (χ1v) is 14.3. The average Bonchev–Trinajstić information content (AvgIpc) is 2.97. The van der Waals surface area contributed by atoms with Crippen molar-refractivity contribution in [1.29, 1.82) is 0 Å². The number of nitrogens with zero attached hydrogens (tertiary/aromatic N) is 4. The zero-order chi connectivity index (χ0) is 30.3. The predicted molar refractivity (Wildman–Crippen MR) is 159 cm³/mol. The molecule has 1 amide bonds. The number of likely N-dealkylation sites (tertiary alicyclic amines) is 1. The Hall–Kier alpha value is -4.10. The number of aliphatic imine (C=N–C) groups is 1. The Balaban J connectivity index is 1.60. The molecule has 42 heavy (non-hydrogen) atoms. The third-order valence-corrected chi connectivity index (χ3v) is 7.05. The molecule has 1 aromatic heterocycles. The number of nitrogens with one attached hydrogen (secondary N) is 2. The molecule has 0 unspecified atom stereocenters. The normalized spacial score (nSPS) is 14.8. The Kier molecular flexibility index (Phi) is 10.1. The van der Waals surface area contributed by atoms with E-state index in [1.54, 1.807) is 41.8 Å². The van der Waals surface area contributed by atoms with Crippen LogP contribution < -0.4 is 20.1 Å². The van der Waals surface area contributed by atoms with Crippen LogP contribution in [0.4, 0.5) is 24.8 Å². The van der Waals surface area contributed by atoms with Gasteiger partial charge in [0, 0.05) is 23.4 Å². The quantitative estimate of drug-likeness (QED) is 0.265. The Bertz CT molecular complexity index is 1460. The lowest BCUT2D eigenvalue weighted by Crippen LogP contribution is -2.43. The molecule has 4 rings (SSSR count). The van der Waals surface area contributed by atoms with Crippen LogP contribution in [0.5, 0.6) is 17.4 Å². The van der Waals surface area contributed by atoms with Crippen LogP contribution in [0.25, 0.3) is 5.70 Å². The maximum absolute atomic E-state index is 13.9. The molecule has 0 aliphatic carbocycles. The summed E-state index contributed by atoms with van der Waals surface area (Å²) in [5.74, 6) is -0.713. The number of methoxy groups -OCH3 is 1. The fraction of sp³-hybridized carbons (Fsp3) is 0.310. The minimum absolute atomic E-state index is 0.0798. The van der Waals surface area contributed by atoms with Gasteiger partial charge in [-0.05, 0) is 81.7 Å². The number of aromatic nitrogens is 2. The number of thioether (sulfide) groups is 1. The fourth-order valence-electron chi connectivity index (χ4n) is 4.35. The second-order valence-corrected chi connectivity index (χ2v) is 10.2. The third-order valence-electron chi connectivity index (χ3n) is 6.59. The summed E-state index contributed by atoms with van der Waals surface area (Å²) in [6.07, 6.45) is -0.593. The minimum atomic E-state index is -4.78. The van der Waals surface area contributed by atoms with Crippen molar-refractivity contribution < 1.29 is 27.4 Å². The van der Waals surface area contributed by atoms with Gasteiger partial charge in [0.15, 0.2) is 0 Å². The lowest BCUT2D eigenvalue weighted by molar-refractivity contribution is -0.139. The van der Waals surface area contributed by atoms with E-state index in [4.69, 9.17) is 9.47 Å². The van der Waals surface area contributed by atoms with Gasteiger partial charge in [0.05, 0.1) is 18.5 Å². The summed E-state index contributed by atoms with van der Waals surface area (Å²) in [4.78, 5) is 26.9. The summed E-state index contributed by atoms with van der Waals surface area (Å²) in [6, 6.07) is 11.3. The number of alkyl halides is 3. The van der Waals surface area contributed by atoms with Gasteiger partial charge in [-0.3, -0.25) is 9.79 Å². The molecule has 9 nitrogen and oxygen atoms in total. The van der Waals surface area contributed by atoms with E-state index in [1.165, 1.54) is 24.9 Å². The molecular formula is C29H31F3N6O3S. The van der Waals surface area contributed by atoms with Gasteiger partial charge in [0.2, 0.25) is 11.8 Å². The second kappa shape index (κ2) is 13.7. The molecule has 0 spiro atoms. The van der Waals surface area contributed by atoms with Crippen molar-refractivity contribution >= 4 is 41.7 Å². The number of amides is 1. The lowest BCUT2D eigenvalue weighted by atomic mass is 10.0.